The average molecular weight is 193 g/mol. The molecule has 1 atom stereocenters. The summed E-state index contributed by atoms with van der Waals surface area (Å²) in [5.74, 6) is 1.04. The molecule has 14 heavy (non-hydrogen) atoms. The lowest BCUT2D eigenvalue weighted by Gasteiger charge is -2.12. The highest BCUT2D eigenvalue weighted by molar-refractivity contribution is 5.50. The molecule has 0 aliphatic rings. The van der Waals surface area contributed by atoms with Crippen molar-refractivity contribution < 1.29 is 5.11 Å². The van der Waals surface area contributed by atoms with Crippen molar-refractivity contribution in [1.29, 1.82) is 0 Å². The number of phenolic OH excluding ortho intramolecular Hbond substituents is 1. The summed E-state index contributed by atoms with van der Waals surface area (Å²) in [7, 11) is 0. The molecule has 0 saturated heterocycles. The van der Waals surface area contributed by atoms with Gasteiger partial charge < -0.3 is 10.4 Å². The second-order valence-electron chi connectivity index (χ2n) is 3.90. The van der Waals surface area contributed by atoms with Gasteiger partial charge in [-0.3, -0.25) is 0 Å². The zero-order valence-electron chi connectivity index (χ0n) is 9.17. The number of rotatable bonds is 4. The Kier molecular flexibility index (Phi) is 3.81. The van der Waals surface area contributed by atoms with Gasteiger partial charge in [-0.2, -0.15) is 0 Å². The summed E-state index contributed by atoms with van der Waals surface area (Å²) in [6, 6.07) is 5.61. The number of aryl methyl sites for hydroxylation is 1. The van der Waals surface area contributed by atoms with Crippen LogP contribution in [0.1, 0.15) is 25.8 Å². The smallest absolute Gasteiger partial charge is 0.118 e. The summed E-state index contributed by atoms with van der Waals surface area (Å²) in [6.45, 7) is 7.30. The molecule has 0 bridgehead atoms. The summed E-state index contributed by atoms with van der Waals surface area (Å²) in [5.41, 5.74) is 2.00. The number of anilines is 1. The van der Waals surface area contributed by atoms with Crippen molar-refractivity contribution in [2.24, 2.45) is 5.92 Å². The summed E-state index contributed by atoms with van der Waals surface area (Å²) in [4.78, 5) is 0. The van der Waals surface area contributed by atoms with Crippen molar-refractivity contribution in [3.63, 3.8) is 0 Å². The third-order valence-corrected chi connectivity index (χ3v) is 2.55. The SMILES string of the molecule is CCC(C)CNc1ccc(O)c(C)c1. The van der Waals surface area contributed by atoms with Crippen molar-refractivity contribution in [1.82, 2.24) is 0 Å². The molecule has 0 saturated carbocycles. The molecular formula is C12H19NO. The monoisotopic (exact) mass is 193 g/mol. The highest BCUT2D eigenvalue weighted by Crippen LogP contribution is 2.20. The molecule has 0 spiro atoms. The Morgan fingerprint density at radius 3 is 2.71 bits per heavy atom. The Hall–Kier alpha value is -1.18. The van der Waals surface area contributed by atoms with Crippen molar-refractivity contribution in [3.05, 3.63) is 23.8 Å². The molecule has 0 amide bonds. The minimum absolute atomic E-state index is 0.360. The Labute approximate surface area is 86.0 Å². The minimum Gasteiger partial charge on any atom is -0.508 e. The molecule has 78 valence electrons. The largest absolute Gasteiger partial charge is 0.508 e. The molecule has 1 rings (SSSR count). The highest BCUT2D eigenvalue weighted by Gasteiger charge is 2.00. The summed E-state index contributed by atoms with van der Waals surface area (Å²) < 4.78 is 0. The molecule has 0 heterocycles. The van der Waals surface area contributed by atoms with E-state index in [1.165, 1.54) is 6.42 Å². The molecule has 2 N–H and O–H groups in total. The molecule has 2 heteroatoms. The number of phenols is 1. The van der Waals surface area contributed by atoms with Crippen LogP contribution in [0.4, 0.5) is 5.69 Å². The van der Waals surface area contributed by atoms with E-state index in [1.807, 2.05) is 19.1 Å². The predicted molar refractivity (Wildman–Crippen MR) is 60.8 cm³/mol. The highest BCUT2D eigenvalue weighted by atomic mass is 16.3. The number of nitrogens with one attached hydrogen (secondary N) is 1. The first-order valence-electron chi connectivity index (χ1n) is 5.17. The third kappa shape index (κ3) is 2.95. The molecule has 0 aromatic heterocycles. The van der Waals surface area contributed by atoms with Gasteiger partial charge in [0.2, 0.25) is 0 Å². The number of hydrogen-bond donors (Lipinski definition) is 2. The molecule has 1 aromatic rings. The maximum Gasteiger partial charge on any atom is 0.118 e. The molecule has 0 aliphatic heterocycles. The van der Waals surface area contributed by atoms with E-state index in [9.17, 15) is 5.11 Å². The summed E-state index contributed by atoms with van der Waals surface area (Å²) in [6.07, 6.45) is 1.18. The fraction of sp³-hybridized carbons (Fsp3) is 0.500. The van der Waals surface area contributed by atoms with E-state index in [4.69, 9.17) is 0 Å². The maximum atomic E-state index is 9.34. The van der Waals surface area contributed by atoms with Crippen LogP contribution in [0, 0.1) is 12.8 Å². The van der Waals surface area contributed by atoms with E-state index in [0.29, 0.717) is 11.7 Å². The van der Waals surface area contributed by atoms with Gasteiger partial charge in [0.25, 0.3) is 0 Å². The lowest BCUT2D eigenvalue weighted by Crippen LogP contribution is -2.10. The van der Waals surface area contributed by atoms with Gasteiger partial charge in [0, 0.05) is 12.2 Å². The van der Waals surface area contributed by atoms with Crippen LogP contribution >= 0.6 is 0 Å². The fourth-order valence-corrected chi connectivity index (χ4v) is 1.20. The average Bonchev–Trinajstić information content (AvgIpc) is 2.19. The topological polar surface area (TPSA) is 32.3 Å². The Bertz CT molecular complexity index is 296. The fourth-order valence-electron chi connectivity index (χ4n) is 1.20. The molecule has 2 nitrogen and oxygen atoms in total. The zero-order valence-corrected chi connectivity index (χ0v) is 9.17. The molecule has 1 aromatic carbocycles. The van der Waals surface area contributed by atoms with Gasteiger partial charge >= 0.3 is 0 Å². The Morgan fingerprint density at radius 2 is 2.14 bits per heavy atom. The molecule has 0 fully saturated rings. The van der Waals surface area contributed by atoms with E-state index < -0.39 is 0 Å². The van der Waals surface area contributed by atoms with Gasteiger partial charge in [-0.25, -0.2) is 0 Å². The van der Waals surface area contributed by atoms with Crippen LogP contribution in [0.5, 0.6) is 5.75 Å². The number of benzene rings is 1. The normalized spacial score (nSPS) is 12.5. The van der Waals surface area contributed by atoms with Gasteiger partial charge in [-0.05, 0) is 36.6 Å². The summed E-state index contributed by atoms with van der Waals surface area (Å²) >= 11 is 0. The van der Waals surface area contributed by atoms with E-state index in [2.05, 4.69) is 19.2 Å². The van der Waals surface area contributed by atoms with Crippen LogP contribution in [-0.4, -0.2) is 11.7 Å². The first-order valence-corrected chi connectivity index (χ1v) is 5.17. The minimum atomic E-state index is 0.360. The lowest BCUT2D eigenvalue weighted by molar-refractivity contribution is 0.471. The van der Waals surface area contributed by atoms with Gasteiger partial charge in [-0.15, -0.1) is 0 Å². The van der Waals surface area contributed by atoms with Crippen LogP contribution in [0.25, 0.3) is 0 Å². The molecule has 0 aliphatic carbocycles. The third-order valence-electron chi connectivity index (χ3n) is 2.55. The molecule has 1 unspecified atom stereocenters. The Morgan fingerprint density at radius 1 is 1.43 bits per heavy atom. The molecule has 0 radical (unpaired) electrons. The number of aromatic hydroxyl groups is 1. The van der Waals surface area contributed by atoms with Crippen LogP contribution in [0.15, 0.2) is 18.2 Å². The van der Waals surface area contributed by atoms with Crippen molar-refractivity contribution >= 4 is 5.69 Å². The zero-order chi connectivity index (χ0) is 10.6. The van der Waals surface area contributed by atoms with Crippen LogP contribution in [0.3, 0.4) is 0 Å². The first kappa shape index (κ1) is 10.9. The lowest BCUT2D eigenvalue weighted by atomic mass is 10.1. The van der Waals surface area contributed by atoms with Crippen LogP contribution < -0.4 is 5.32 Å². The second kappa shape index (κ2) is 4.89. The Balaban J connectivity index is 2.55. The van der Waals surface area contributed by atoms with Crippen LogP contribution in [-0.2, 0) is 0 Å². The van der Waals surface area contributed by atoms with E-state index >= 15 is 0 Å². The second-order valence-corrected chi connectivity index (χ2v) is 3.90. The van der Waals surface area contributed by atoms with Gasteiger partial charge in [0.15, 0.2) is 0 Å². The van der Waals surface area contributed by atoms with Crippen molar-refractivity contribution in [2.45, 2.75) is 27.2 Å². The quantitative estimate of drug-likeness (QED) is 0.720. The maximum absolute atomic E-state index is 9.34. The van der Waals surface area contributed by atoms with Crippen LogP contribution in [0.2, 0.25) is 0 Å². The first-order chi connectivity index (χ1) is 6.63. The van der Waals surface area contributed by atoms with Gasteiger partial charge in [-0.1, -0.05) is 20.3 Å². The summed E-state index contributed by atoms with van der Waals surface area (Å²) in [5, 5.41) is 12.7. The van der Waals surface area contributed by atoms with Gasteiger partial charge in [0.05, 0.1) is 0 Å². The standard InChI is InChI=1S/C12H19NO/c1-4-9(2)8-13-11-5-6-12(14)10(3)7-11/h5-7,9,13-14H,4,8H2,1-3H3. The van der Waals surface area contributed by atoms with E-state index in [1.54, 1.807) is 6.07 Å². The number of hydrogen-bond acceptors (Lipinski definition) is 2. The van der Waals surface area contributed by atoms with E-state index in [-0.39, 0.29) is 0 Å². The molecular weight excluding hydrogens is 174 g/mol. The van der Waals surface area contributed by atoms with Crippen molar-refractivity contribution in [3.8, 4) is 5.75 Å². The van der Waals surface area contributed by atoms with Crippen molar-refractivity contribution in [2.75, 3.05) is 11.9 Å². The van der Waals surface area contributed by atoms with E-state index in [0.717, 1.165) is 17.8 Å². The van der Waals surface area contributed by atoms with Gasteiger partial charge in [0.1, 0.15) is 5.75 Å². The predicted octanol–water partition coefficient (Wildman–Crippen LogP) is 3.16.